The Hall–Kier alpha value is -1.68. The van der Waals surface area contributed by atoms with Gasteiger partial charge in [0, 0.05) is 0 Å². The number of hydrogen-bond donors (Lipinski definition) is 0. The second-order valence-electron chi connectivity index (χ2n) is 7.84. The largest absolute Gasteiger partial charge is 1.00 e. The van der Waals surface area contributed by atoms with E-state index in [0.29, 0.717) is 58.6 Å². The van der Waals surface area contributed by atoms with Crippen LogP contribution in [0.5, 0.6) is 11.5 Å². The van der Waals surface area contributed by atoms with Gasteiger partial charge in [-0.3, -0.25) is 0 Å². The summed E-state index contributed by atoms with van der Waals surface area (Å²) in [5.74, 6) is 1.38. The van der Waals surface area contributed by atoms with Gasteiger partial charge in [0.1, 0.15) is 0 Å². The van der Waals surface area contributed by atoms with Crippen molar-refractivity contribution in [1.82, 2.24) is 0 Å². The summed E-state index contributed by atoms with van der Waals surface area (Å²) in [5, 5.41) is 0. The molecule has 0 aliphatic carbocycles. The van der Waals surface area contributed by atoms with Crippen LogP contribution in [0, 0.1) is 0 Å². The van der Waals surface area contributed by atoms with Gasteiger partial charge >= 0.3 is 216 Å². The monoisotopic (exact) mass is 724 g/mol. The van der Waals surface area contributed by atoms with Crippen LogP contribution in [0.1, 0.15) is 10.6 Å². The fourth-order valence-electron chi connectivity index (χ4n) is 3.61. The average Bonchev–Trinajstić information content (AvgIpc) is 3.15. The number of amides is 1. The van der Waals surface area contributed by atoms with Crippen LogP contribution in [-0.2, 0) is 26.1 Å². The van der Waals surface area contributed by atoms with E-state index in [1.807, 2.05) is 55.7 Å². The van der Waals surface area contributed by atoms with E-state index >= 15 is 0 Å². The van der Waals surface area contributed by atoms with Crippen molar-refractivity contribution < 1.29 is 57.0 Å². The van der Waals surface area contributed by atoms with Crippen molar-refractivity contribution in [3.05, 3.63) is 52.4 Å². The number of aryl methyl sites for hydroxylation is 1. The number of rotatable bonds is 3. The van der Waals surface area contributed by atoms with Crippen molar-refractivity contribution in [2.45, 2.75) is 6.92 Å². The number of ether oxygens (including phenoxy) is 5. The average molecular weight is 722 g/mol. The molecule has 3 aromatic rings. The zero-order chi connectivity index (χ0) is 24.5. The zero-order valence-corrected chi connectivity index (χ0v) is 25.0. The predicted molar refractivity (Wildman–Crippen MR) is 134 cm³/mol. The SMILES string of the molecule is CC(=O)N(/C=C/c1[te]c2cc3c(cc2[n+]1C)OCCOCCOCCOCCO3)c1ccccc1.[I-]. The van der Waals surface area contributed by atoms with Crippen molar-refractivity contribution in [3.8, 4) is 11.5 Å². The maximum atomic E-state index is 12.3. The van der Waals surface area contributed by atoms with E-state index in [4.69, 9.17) is 23.7 Å². The van der Waals surface area contributed by atoms with Gasteiger partial charge < -0.3 is 24.0 Å². The second-order valence-corrected chi connectivity index (χ2v) is 10.9. The van der Waals surface area contributed by atoms with Crippen molar-refractivity contribution in [2.24, 2.45) is 7.05 Å². The van der Waals surface area contributed by atoms with Gasteiger partial charge in [-0.25, -0.2) is 0 Å². The third kappa shape index (κ3) is 7.91. The Labute approximate surface area is 238 Å². The minimum Gasteiger partial charge on any atom is -1.00 e. The normalized spacial score (nSPS) is 15.6. The van der Waals surface area contributed by atoms with Gasteiger partial charge in [0.15, 0.2) is 0 Å². The number of aromatic nitrogens is 1. The predicted octanol–water partition coefficient (Wildman–Crippen LogP) is -0.430. The Morgan fingerprint density at radius 3 is 2.03 bits per heavy atom. The summed E-state index contributed by atoms with van der Waals surface area (Å²) in [7, 11) is 2.05. The number of anilines is 1. The Bertz CT molecular complexity index is 1150. The molecule has 1 aromatic heterocycles. The standard InChI is InChI=1S/C26H31N2O6Te.HI/c1-20(29)28(21-6-4-3-5-7-21)9-8-26-27(2)22-18-23-24(19-25(22)35-26)34-17-15-32-13-11-30-10-12-31-14-16-33-23;/h3-9,18-19H,10-17H2,1-2H3;1H/q+1;/p-1. The molecule has 0 fully saturated rings. The molecule has 194 valence electrons. The number of fused-ring (bicyclic) bond motifs is 2. The van der Waals surface area contributed by atoms with Crippen molar-refractivity contribution in [1.29, 1.82) is 0 Å². The number of carbonyl (C=O) groups excluding carboxylic acids is 1. The van der Waals surface area contributed by atoms with E-state index < -0.39 is 20.4 Å². The van der Waals surface area contributed by atoms with Crippen LogP contribution in [0.25, 0.3) is 15.0 Å². The molecule has 0 N–H and O–H groups in total. The van der Waals surface area contributed by atoms with Gasteiger partial charge in [-0.2, -0.15) is 0 Å². The maximum Gasteiger partial charge on any atom is -1.00 e. The molecule has 8 nitrogen and oxygen atoms in total. The summed E-state index contributed by atoms with van der Waals surface area (Å²) in [6.07, 6.45) is 3.90. The van der Waals surface area contributed by atoms with Gasteiger partial charge in [0.05, 0.1) is 0 Å². The van der Waals surface area contributed by atoms with Gasteiger partial charge in [-0.1, -0.05) is 0 Å². The first-order chi connectivity index (χ1) is 17.1. The number of halogens is 1. The summed E-state index contributed by atoms with van der Waals surface area (Å²) in [6.45, 7) is 5.51. The first kappa shape index (κ1) is 28.9. The minimum atomic E-state index is -0.677. The molecule has 2 aromatic carbocycles. The first-order valence-electron chi connectivity index (χ1n) is 11.6. The molecule has 1 amide bonds. The van der Waals surface area contributed by atoms with Crippen LogP contribution in [0.4, 0.5) is 5.69 Å². The summed E-state index contributed by atoms with van der Waals surface area (Å²) < 4.78 is 33.3. The summed E-state index contributed by atoms with van der Waals surface area (Å²) in [5.41, 5.74) is 1.95. The van der Waals surface area contributed by atoms with Crippen LogP contribution in [0.15, 0.2) is 48.7 Å². The van der Waals surface area contributed by atoms with Crippen molar-refractivity contribution >= 4 is 47.0 Å². The zero-order valence-electron chi connectivity index (χ0n) is 20.5. The first-order valence-corrected chi connectivity index (χ1v) is 13.9. The Balaban J connectivity index is 0.00000361. The van der Waals surface area contributed by atoms with E-state index in [1.54, 1.807) is 11.8 Å². The molecule has 0 unspecified atom stereocenters. The Kier molecular flexibility index (Phi) is 12.0. The van der Waals surface area contributed by atoms with Gasteiger partial charge in [-0.05, 0) is 0 Å². The molecule has 0 atom stereocenters. The van der Waals surface area contributed by atoms with Crippen LogP contribution in [0.2, 0.25) is 0 Å². The molecule has 4 rings (SSSR count). The van der Waals surface area contributed by atoms with E-state index in [-0.39, 0.29) is 29.9 Å². The number of benzene rings is 2. The summed E-state index contributed by atoms with van der Waals surface area (Å²) >= 11 is -0.677. The van der Waals surface area contributed by atoms with Crippen LogP contribution in [-0.4, -0.2) is 79.2 Å². The number of nitrogens with zero attached hydrogens (tertiary/aromatic N) is 2. The van der Waals surface area contributed by atoms with E-state index in [9.17, 15) is 4.79 Å². The molecule has 10 heteroatoms. The molecule has 0 saturated heterocycles. The second kappa shape index (κ2) is 14.9. The van der Waals surface area contributed by atoms with E-state index in [1.165, 1.54) is 7.11 Å². The minimum absolute atomic E-state index is 0. The molecular formula is C26H31IN2O6Te. The third-order valence-corrected chi connectivity index (χ3v) is 8.71. The number of hydrogen-bond acceptors (Lipinski definition) is 6. The van der Waals surface area contributed by atoms with Gasteiger partial charge in [-0.15, -0.1) is 0 Å². The van der Waals surface area contributed by atoms with Crippen LogP contribution < -0.4 is 42.9 Å². The number of carbonyl (C=O) groups is 1. The fourth-order valence-corrected chi connectivity index (χ4v) is 6.62. The van der Waals surface area contributed by atoms with Gasteiger partial charge in [0.2, 0.25) is 0 Å². The molecule has 2 heterocycles. The van der Waals surface area contributed by atoms with Crippen molar-refractivity contribution in [2.75, 3.05) is 57.8 Å². The number of para-hydroxylation sites is 1. The molecule has 0 radical (unpaired) electrons. The smallest absolute Gasteiger partial charge is 1.00 e. The van der Waals surface area contributed by atoms with Crippen LogP contribution in [0.3, 0.4) is 0 Å². The van der Waals surface area contributed by atoms with E-state index in [2.05, 4.69) is 10.6 Å². The van der Waals surface area contributed by atoms with Gasteiger partial charge in [0.25, 0.3) is 0 Å². The van der Waals surface area contributed by atoms with Crippen LogP contribution >= 0.6 is 0 Å². The van der Waals surface area contributed by atoms with E-state index in [0.717, 1.165) is 17.0 Å². The summed E-state index contributed by atoms with van der Waals surface area (Å²) in [4.78, 5) is 13.9. The fraction of sp³-hybridized carbons (Fsp3) is 0.385. The molecule has 0 saturated carbocycles. The van der Waals surface area contributed by atoms with Crippen molar-refractivity contribution in [3.63, 3.8) is 0 Å². The molecule has 1 aliphatic rings. The molecule has 0 spiro atoms. The summed E-state index contributed by atoms with van der Waals surface area (Å²) in [6, 6.07) is 13.8. The molecule has 36 heavy (non-hydrogen) atoms. The maximum absolute atomic E-state index is 12.3. The molecule has 1 aliphatic heterocycles. The quantitative estimate of drug-likeness (QED) is 0.208. The Morgan fingerprint density at radius 2 is 1.44 bits per heavy atom. The molecular weight excluding hydrogens is 691 g/mol. The molecule has 0 bridgehead atoms. The Morgan fingerprint density at radius 1 is 0.889 bits per heavy atom. The topological polar surface area (TPSA) is 70.3 Å². The third-order valence-electron chi connectivity index (χ3n) is 5.39.